The van der Waals surface area contributed by atoms with Gasteiger partial charge in [0.15, 0.2) is 0 Å². The summed E-state index contributed by atoms with van der Waals surface area (Å²) in [6.45, 7) is 0. The summed E-state index contributed by atoms with van der Waals surface area (Å²) in [6, 6.07) is 3.00. The molecule has 0 aromatic carbocycles. The summed E-state index contributed by atoms with van der Waals surface area (Å²) in [5.74, 6) is -2.56. The van der Waals surface area contributed by atoms with Crippen molar-refractivity contribution in [2.24, 2.45) is 0 Å². The van der Waals surface area contributed by atoms with E-state index in [-0.39, 0.29) is 20.3 Å². The van der Waals surface area contributed by atoms with Crippen LogP contribution in [0.4, 0.5) is 5.69 Å². The van der Waals surface area contributed by atoms with Crippen molar-refractivity contribution in [3.63, 3.8) is 0 Å². The Morgan fingerprint density at radius 3 is 2.38 bits per heavy atom. The molecule has 13 heavy (non-hydrogen) atoms. The zero-order valence-corrected chi connectivity index (χ0v) is 7.02. The van der Waals surface area contributed by atoms with E-state index in [4.69, 9.17) is 5.11 Å². The van der Waals surface area contributed by atoms with Crippen LogP contribution in [0.15, 0.2) is 24.5 Å². The fourth-order valence-corrected chi connectivity index (χ4v) is 0.620. The zero-order valence-electron chi connectivity index (χ0n) is 8.02. The van der Waals surface area contributed by atoms with E-state index >= 15 is 0 Å². The third-order valence-electron chi connectivity index (χ3n) is 1.13. The van der Waals surface area contributed by atoms with Gasteiger partial charge in [0.2, 0.25) is 0 Å². The number of nitrogens with zero attached hydrogens (tertiary/aromatic N) is 1. The van der Waals surface area contributed by atoms with Gasteiger partial charge >= 0.3 is 30.7 Å². The Morgan fingerprint density at radius 1 is 1.38 bits per heavy atom. The van der Waals surface area contributed by atoms with Crippen molar-refractivity contribution in [1.29, 1.82) is 0 Å². The summed E-state index contributed by atoms with van der Waals surface area (Å²) in [5.41, 5.74) is 0.414. The zero-order chi connectivity index (χ0) is 8.97. The Morgan fingerprint density at radius 2 is 1.92 bits per heavy atom. The number of nitrogens with one attached hydrogen (secondary N) is 1. The van der Waals surface area contributed by atoms with Gasteiger partial charge < -0.3 is 11.8 Å². The molecule has 0 unspecified atom stereocenters. The number of carbonyl (C=O) groups is 2. The Kier molecular flexibility index (Phi) is 4.81. The van der Waals surface area contributed by atoms with Gasteiger partial charge in [-0.25, -0.2) is 4.79 Å². The molecule has 64 valence electrons. The van der Waals surface area contributed by atoms with Crippen LogP contribution in [0.3, 0.4) is 0 Å². The molecule has 5 nitrogen and oxygen atoms in total. The van der Waals surface area contributed by atoms with Crippen molar-refractivity contribution in [1.82, 2.24) is 4.98 Å². The maximum absolute atomic E-state index is 10.6. The Balaban J connectivity index is 0. The van der Waals surface area contributed by atoms with Crippen molar-refractivity contribution in [2.75, 3.05) is 5.32 Å². The minimum Gasteiger partial charge on any atom is -1.00 e. The number of pyridine rings is 1. The molecular formula is C7H7LiN2O3. The molecule has 6 heteroatoms. The monoisotopic (exact) mass is 174 g/mol. The largest absolute Gasteiger partial charge is 1.00 e. The van der Waals surface area contributed by atoms with Gasteiger partial charge in [-0.2, -0.15) is 0 Å². The minimum atomic E-state index is -1.51. The summed E-state index contributed by atoms with van der Waals surface area (Å²) >= 11 is 0. The first-order valence-electron chi connectivity index (χ1n) is 3.14. The number of carboxylic acid groups (broad SMARTS) is 1. The van der Waals surface area contributed by atoms with Gasteiger partial charge in [-0.15, -0.1) is 0 Å². The van der Waals surface area contributed by atoms with Crippen LogP contribution in [0.1, 0.15) is 1.43 Å². The van der Waals surface area contributed by atoms with E-state index in [1.54, 1.807) is 0 Å². The standard InChI is InChI=1S/C7H6N2O3.Li.H/c10-6(7(11)12)9-5-1-3-8-4-2-5;;/h1-4H,(H,11,12)(H,8,9,10);;/q;+1;-1. The van der Waals surface area contributed by atoms with Crippen molar-refractivity contribution in [3.8, 4) is 0 Å². The second kappa shape index (κ2) is 5.35. The molecule has 0 bridgehead atoms. The average molecular weight is 174 g/mol. The third kappa shape index (κ3) is 3.74. The number of aromatic nitrogens is 1. The second-order valence-electron chi connectivity index (χ2n) is 2.00. The predicted molar refractivity (Wildman–Crippen MR) is 41.6 cm³/mol. The topological polar surface area (TPSA) is 79.3 Å². The molecule has 0 aliphatic carbocycles. The summed E-state index contributed by atoms with van der Waals surface area (Å²) in [6.07, 6.45) is 2.91. The number of anilines is 1. The van der Waals surface area contributed by atoms with E-state index in [0.29, 0.717) is 5.69 Å². The molecule has 0 aliphatic heterocycles. The summed E-state index contributed by atoms with van der Waals surface area (Å²) in [4.78, 5) is 24.4. The summed E-state index contributed by atoms with van der Waals surface area (Å²) in [7, 11) is 0. The van der Waals surface area contributed by atoms with Crippen LogP contribution < -0.4 is 24.2 Å². The quantitative estimate of drug-likeness (QED) is 0.356. The van der Waals surface area contributed by atoms with E-state index in [9.17, 15) is 9.59 Å². The molecule has 1 aromatic rings. The summed E-state index contributed by atoms with van der Waals surface area (Å²) in [5, 5.41) is 10.4. The van der Waals surface area contributed by atoms with E-state index in [1.807, 2.05) is 0 Å². The molecule has 0 saturated carbocycles. The number of rotatable bonds is 1. The van der Waals surface area contributed by atoms with Crippen molar-refractivity contribution >= 4 is 17.6 Å². The van der Waals surface area contributed by atoms with Crippen LogP contribution in [-0.4, -0.2) is 22.0 Å². The predicted octanol–water partition coefficient (Wildman–Crippen LogP) is -2.78. The second-order valence-corrected chi connectivity index (χ2v) is 2.00. The number of amides is 1. The molecule has 1 heterocycles. The first-order chi connectivity index (χ1) is 5.70. The first-order valence-corrected chi connectivity index (χ1v) is 3.14. The van der Waals surface area contributed by atoms with Gasteiger partial charge in [0, 0.05) is 18.1 Å². The molecule has 1 aromatic heterocycles. The van der Waals surface area contributed by atoms with E-state index in [0.717, 1.165) is 0 Å². The SMILES string of the molecule is O=C(O)C(=O)Nc1ccncc1.[H-].[Li+]. The van der Waals surface area contributed by atoms with Gasteiger partial charge in [-0.1, -0.05) is 0 Å². The Labute approximate surface area is 87.8 Å². The van der Waals surface area contributed by atoms with Crippen LogP contribution >= 0.6 is 0 Å². The van der Waals surface area contributed by atoms with E-state index in [2.05, 4.69) is 10.3 Å². The van der Waals surface area contributed by atoms with Crippen LogP contribution in [0.5, 0.6) is 0 Å². The van der Waals surface area contributed by atoms with Crippen LogP contribution in [0.2, 0.25) is 0 Å². The number of carbonyl (C=O) groups excluding carboxylic acids is 1. The normalized spacial score (nSPS) is 8.31. The third-order valence-corrected chi connectivity index (χ3v) is 1.13. The molecule has 0 saturated heterocycles. The molecule has 0 fully saturated rings. The number of hydrogen-bond acceptors (Lipinski definition) is 3. The maximum atomic E-state index is 10.6. The smallest absolute Gasteiger partial charge is 1.00 e. The van der Waals surface area contributed by atoms with Gasteiger partial charge in [-0.3, -0.25) is 9.78 Å². The Bertz CT molecular complexity index is 307. The van der Waals surface area contributed by atoms with Crippen molar-refractivity contribution < 1.29 is 35.0 Å². The Hall–Kier alpha value is -1.31. The number of hydrogen-bond donors (Lipinski definition) is 2. The summed E-state index contributed by atoms with van der Waals surface area (Å²) < 4.78 is 0. The molecule has 2 N–H and O–H groups in total. The minimum absolute atomic E-state index is 0. The van der Waals surface area contributed by atoms with Gasteiger partial charge in [0.25, 0.3) is 0 Å². The van der Waals surface area contributed by atoms with E-state index < -0.39 is 11.9 Å². The van der Waals surface area contributed by atoms with Crippen molar-refractivity contribution in [2.45, 2.75) is 0 Å². The average Bonchev–Trinajstić information content (AvgIpc) is 2.06. The molecular weight excluding hydrogens is 167 g/mol. The van der Waals surface area contributed by atoms with Crippen LogP contribution in [-0.2, 0) is 9.59 Å². The number of aliphatic carboxylic acids is 1. The molecule has 0 radical (unpaired) electrons. The molecule has 0 atom stereocenters. The molecule has 1 amide bonds. The molecule has 0 aliphatic rings. The van der Waals surface area contributed by atoms with Crippen LogP contribution in [0, 0.1) is 0 Å². The van der Waals surface area contributed by atoms with Crippen LogP contribution in [0.25, 0.3) is 0 Å². The van der Waals surface area contributed by atoms with Crippen molar-refractivity contribution in [3.05, 3.63) is 24.5 Å². The fraction of sp³-hybridized carbons (Fsp3) is 0. The van der Waals surface area contributed by atoms with Gasteiger partial charge in [0.1, 0.15) is 0 Å². The molecule has 1 rings (SSSR count). The fourth-order valence-electron chi connectivity index (χ4n) is 0.620. The van der Waals surface area contributed by atoms with E-state index in [1.165, 1.54) is 24.5 Å². The first kappa shape index (κ1) is 11.7. The van der Waals surface area contributed by atoms with Gasteiger partial charge in [-0.05, 0) is 12.1 Å². The maximum Gasteiger partial charge on any atom is 1.00 e. The van der Waals surface area contributed by atoms with Gasteiger partial charge in [0.05, 0.1) is 0 Å². The molecule has 0 spiro atoms. The number of carboxylic acids is 1.